The van der Waals surface area contributed by atoms with Crippen molar-refractivity contribution in [1.29, 1.82) is 0 Å². The average molecular weight is 211 g/mol. The van der Waals surface area contributed by atoms with Gasteiger partial charge in [0, 0.05) is 5.56 Å². The Kier molecular flexibility index (Phi) is 4.37. The predicted octanol–water partition coefficient (Wildman–Crippen LogP) is 1.41. The molecule has 1 N–H and O–H groups in total. The van der Waals surface area contributed by atoms with E-state index in [0.717, 1.165) is 5.56 Å². The van der Waals surface area contributed by atoms with Gasteiger partial charge in [-0.15, -0.1) is 0 Å². The first-order valence-corrected chi connectivity index (χ1v) is 4.92. The van der Waals surface area contributed by atoms with E-state index in [2.05, 4.69) is 4.98 Å². The summed E-state index contributed by atoms with van der Waals surface area (Å²) in [7, 11) is 3.20. The lowest BCUT2D eigenvalue weighted by Crippen LogP contribution is -2.04. The van der Waals surface area contributed by atoms with Crippen LogP contribution in [0, 0.1) is 0 Å². The van der Waals surface area contributed by atoms with Gasteiger partial charge in [-0.2, -0.15) is 0 Å². The van der Waals surface area contributed by atoms with E-state index >= 15 is 0 Å². The van der Waals surface area contributed by atoms with Crippen LogP contribution in [-0.4, -0.2) is 30.4 Å². The smallest absolute Gasteiger partial charge is 0.144 e. The van der Waals surface area contributed by atoms with E-state index in [-0.39, 0.29) is 6.10 Å². The van der Waals surface area contributed by atoms with E-state index < -0.39 is 0 Å². The van der Waals surface area contributed by atoms with Gasteiger partial charge < -0.3 is 14.6 Å². The first kappa shape index (κ1) is 11.8. The van der Waals surface area contributed by atoms with Crippen molar-refractivity contribution in [2.75, 3.05) is 14.2 Å². The Hall–Kier alpha value is -1.29. The summed E-state index contributed by atoms with van der Waals surface area (Å²) in [6.45, 7) is 1.76. The molecule has 0 spiro atoms. The van der Waals surface area contributed by atoms with Gasteiger partial charge in [0.1, 0.15) is 11.5 Å². The molecule has 1 rings (SSSR count). The Morgan fingerprint density at radius 2 is 1.80 bits per heavy atom. The van der Waals surface area contributed by atoms with Gasteiger partial charge in [0.25, 0.3) is 0 Å². The largest absolute Gasteiger partial charge is 0.495 e. The van der Waals surface area contributed by atoms with Crippen LogP contribution in [0.4, 0.5) is 0 Å². The standard InChI is InChI=1S/C11H17NO3/c1-8(13)4-5-9-10(14-2)6-12-7-11(9)15-3/h6-8,13H,4-5H2,1-3H3. The summed E-state index contributed by atoms with van der Waals surface area (Å²) in [6.07, 6.45) is 4.37. The molecule has 1 unspecified atom stereocenters. The molecule has 1 aromatic rings. The zero-order valence-corrected chi connectivity index (χ0v) is 9.36. The molecule has 4 nitrogen and oxygen atoms in total. The minimum Gasteiger partial charge on any atom is -0.495 e. The fraction of sp³-hybridized carbons (Fsp3) is 0.545. The van der Waals surface area contributed by atoms with E-state index in [0.29, 0.717) is 24.3 Å². The van der Waals surface area contributed by atoms with Crippen LogP contribution in [0.1, 0.15) is 18.9 Å². The highest BCUT2D eigenvalue weighted by atomic mass is 16.5. The van der Waals surface area contributed by atoms with Crippen LogP contribution in [0.2, 0.25) is 0 Å². The highest BCUT2D eigenvalue weighted by Crippen LogP contribution is 2.28. The van der Waals surface area contributed by atoms with Gasteiger partial charge >= 0.3 is 0 Å². The number of aliphatic hydroxyl groups excluding tert-OH is 1. The van der Waals surface area contributed by atoms with E-state index in [1.807, 2.05) is 0 Å². The summed E-state index contributed by atoms with van der Waals surface area (Å²) in [4.78, 5) is 4.00. The number of nitrogens with zero attached hydrogens (tertiary/aromatic N) is 1. The molecule has 0 saturated heterocycles. The molecule has 0 aromatic carbocycles. The highest BCUT2D eigenvalue weighted by Gasteiger charge is 2.11. The molecule has 0 aliphatic rings. The molecular weight excluding hydrogens is 194 g/mol. The van der Waals surface area contributed by atoms with Crippen LogP contribution in [0.25, 0.3) is 0 Å². The molecule has 0 radical (unpaired) electrons. The first-order valence-electron chi connectivity index (χ1n) is 4.92. The topological polar surface area (TPSA) is 51.6 Å². The predicted molar refractivity (Wildman–Crippen MR) is 57.3 cm³/mol. The van der Waals surface area contributed by atoms with Gasteiger partial charge in [-0.1, -0.05) is 0 Å². The van der Waals surface area contributed by atoms with Crippen molar-refractivity contribution in [2.45, 2.75) is 25.9 Å². The molecule has 15 heavy (non-hydrogen) atoms. The van der Waals surface area contributed by atoms with E-state index in [1.54, 1.807) is 33.5 Å². The summed E-state index contributed by atoms with van der Waals surface area (Å²) in [6, 6.07) is 0. The molecule has 0 aliphatic carbocycles. The second-order valence-corrected chi connectivity index (χ2v) is 3.41. The summed E-state index contributed by atoms with van der Waals surface area (Å²) in [5, 5.41) is 9.24. The Morgan fingerprint density at radius 1 is 1.27 bits per heavy atom. The Bertz CT molecular complexity index is 290. The van der Waals surface area contributed by atoms with Gasteiger partial charge in [0.2, 0.25) is 0 Å². The minimum absolute atomic E-state index is 0.326. The molecule has 0 bridgehead atoms. The fourth-order valence-corrected chi connectivity index (χ4v) is 1.40. The van der Waals surface area contributed by atoms with Gasteiger partial charge in [-0.3, -0.25) is 4.98 Å². The third-order valence-corrected chi connectivity index (χ3v) is 2.23. The molecule has 1 atom stereocenters. The molecule has 84 valence electrons. The van der Waals surface area contributed by atoms with Crippen molar-refractivity contribution < 1.29 is 14.6 Å². The van der Waals surface area contributed by atoms with Crippen LogP contribution >= 0.6 is 0 Å². The third kappa shape index (κ3) is 3.09. The van der Waals surface area contributed by atoms with E-state index in [4.69, 9.17) is 9.47 Å². The highest BCUT2D eigenvalue weighted by molar-refractivity contribution is 5.41. The van der Waals surface area contributed by atoms with Crippen molar-refractivity contribution >= 4 is 0 Å². The lowest BCUT2D eigenvalue weighted by atomic mass is 10.1. The van der Waals surface area contributed by atoms with E-state index in [1.165, 1.54) is 0 Å². The minimum atomic E-state index is -0.326. The van der Waals surface area contributed by atoms with Crippen LogP contribution in [-0.2, 0) is 6.42 Å². The first-order chi connectivity index (χ1) is 7.19. The molecular formula is C11H17NO3. The molecule has 0 amide bonds. The van der Waals surface area contributed by atoms with Crippen molar-refractivity contribution in [3.8, 4) is 11.5 Å². The number of methoxy groups -OCH3 is 2. The van der Waals surface area contributed by atoms with E-state index in [9.17, 15) is 5.11 Å². The molecule has 0 fully saturated rings. The Morgan fingerprint density at radius 3 is 2.20 bits per heavy atom. The quantitative estimate of drug-likeness (QED) is 0.800. The molecule has 0 aliphatic heterocycles. The van der Waals surface area contributed by atoms with Gasteiger partial charge in [0.05, 0.1) is 32.7 Å². The maximum absolute atomic E-state index is 9.24. The Balaban J connectivity index is 2.89. The molecule has 1 heterocycles. The van der Waals surface area contributed by atoms with Crippen molar-refractivity contribution in [3.63, 3.8) is 0 Å². The zero-order chi connectivity index (χ0) is 11.3. The number of hydrogen-bond donors (Lipinski definition) is 1. The SMILES string of the molecule is COc1cncc(OC)c1CCC(C)O. The fourth-order valence-electron chi connectivity index (χ4n) is 1.40. The number of pyridine rings is 1. The monoisotopic (exact) mass is 211 g/mol. The molecule has 0 saturated carbocycles. The van der Waals surface area contributed by atoms with Crippen molar-refractivity contribution in [3.05, 3.63) is 18.0 Å². The summed E-state index contributed by atoms with van der Waals surface area (Å²) < 4.78 is 10.4. The third-order valence-electron chi connectivity index (χ3n) is 2.23. The number of aliphatic hydroxyl groups is 1. The van der Waals surface area contributed by atoms with Crippen LogP contribution in [0.15, 0.2) is 12.4 Å². The molecule has 1 aromatic heterocycles. The zero-order valence-electron chi connectivity index (χ0n) is 9.36. The lowest BCUT2D eigenvalue weighted by Gasteiger charge is -2.12. The second-order valence-electron chi connectivity index (χ2n) is 3.41. The van der Waals surface area contributed by atoms with Crippen molar-refractivity contribution in [2.24, 2.45) is 0 Å². The summed E-state index contributed by atoms with van der Waals surface area (Å²) >= 11 is 0. The molecule has 4 heteroatoms. The summed E-state index contributed by atoms with van der Waals surface area (Å²) in [5.74, 6) is 1.41. The van der Waals surface area contributed by atoms with Crippen LogP contribution < -0.4 is 9.47 Å². The maximum atomic E-state index is 9.24. The second kappa shape index (κ2) is 5.56. The normalized spacial score (nSPS) is 12.3. The Labute approximate surface area is 89.9 Å². The number of ether oxygens (including phenoxy) is 2. The van der Waals surface area contributed by atoms with Crippen molar-refractivity contribution in [1.82, 2.24) is 4.98 Å². The van der Waals surface area contributed by atoms with Crippen LogP contribution in [0.5, 0.6) is 11.5 Å². The van der Waals surface area contributed by atoms with Gasteiger partial charge in [0.15, 0.2) is 0 Å². The number of aromatic nitrogens is 1. The van der Waals surface area contributed by atoms with Gasteiger partial charge in [-0.25, -0.2) is 0 Å². The summed E-state index contributed by atoms with van der Waals surface area (Å²) in [5.41, 5.74) is 0.955. The van der Waals surface area contributed by atoms with Crippen LogP contribution in [0.3, 0.4) is 0 Å². The maximum Gasteiger partial charge on any atom is 0.144 e. The number of hydrogen-bond acceptors (Lipinski definition) is 4. The van der Waals surface area contributed by atoms with Gasteiger partial charge in [-0.05, 0) is 19.8 Å². The average Bonchev–Trinajstić information content (AvgIpc) is 2.25. The lowest BCUT2D eigenvalue weighted by molar-refractivity contribution is 0.184. The number of rotatable bonds is 5.